The Bertz CT molecular complexity index is 626. The highest BCUT2D eigenvalue weighted by Gasteiger charge is 2.16. The number of hydrogen-bond donors (Lipinski definition) is 1. The van der Waals surface area contributed by atoms with Gasteiger partial charge in [-0.25, -0.2) is 0 Å². The van der Waals surface area contributed by atoms with E-state index in [-0.39, 0.29) is 0 Å². The fourth-order valence-corrected chi connectivity index (χ4v) is 2.66. The third-order valence-corrected chi connectivity index (χ3v) is 4.29. The van der Waals surface area contributed by atoms with Crippen molar-refractivity contribution in [3.05, 3.63) is 45.6 Å². The van der Waals surface area contributed by atoms with Crippen LogP contribution in [0.2, 0.25) is 0 Å². The lowest BCUT2D eigenvalue weighted by molar-refractivity contribution is 1.16. The van der Waals surface area contributed by atoms with E-state index in [9.17, 15) is 0 Å². The van der Waals surface area contributed by atoms with Crippen LogP contribution in [0.5, 0.6) is 0 Å². The first-order valence-electron chi connectivity index (χ1n) is 6.64. The number of rotatable bonds is 1. The summed E-state index contributed by atoms with van der Waals surface area (Å²) in [6, 6.07) is 1.99. The van der Waals surface area contributed by atoms with Crippen molar-refractivity contribution in [1.82, 2.24) is 4.98 Å². The van der Waals surface area contributed by atoms with Crippen LogP contribution in [-0.2, 0) is 0 Å². The quantitative estimate of drug-likeness (QED) is 0.829. The van der Waals surface area contributed by atoms with E-state index in [1.807, 2.05) is 19.2 Å². The van der Waals surface area contributed by atoms with Gasteiger partial charge in [0.15, 0.2) is 0 Å². The third kappa shape index (κ3) is 2.12. The molecule has 0 aliphatic carbocycles. The lowest BCUT2D eigenvalue weighted by atomic mass is 9.87. The maximum absolute atomic E-state index is 6.17. The Morgan fingerprint density at radius 3 is 1.74 bits per heavy atom. The minimum atomic E-state index is 0.758. The second kappa shape index (κ2) is 4.69. The van der Waals surface area contributed by atoms with Gasteiger partial charge >= 0.3 is 0 Å². The summed E-state index contributed by atoms with van der Waals surface area (Å²) in [5.74, 6) is 0. The molecule has 1 aromatic carbocycles. The molecule has 100 valence electrons. The Morgan fingerprint density at radius 2 is 1.26 bits per heavy atom. The Balaban J connectivity index is 2.83. The van der Waals surface area contributed by atoms with Crippen LogP contribution >= 0.6 is 0 Å². The third-order valence-electron chi connectivity index (χ3n) is 4.29. The van der Waals surface area contributed by atoms with Crippen LogP contribution in [0.15, 0.2) is 12.3 Å². The predicted octanol–water partition coefficient (Wildman–Crippen LogP) is 4.18. The van der Waals surface area contributed by atoms with Gasteiger partial charge in [-0.1, -0.05) is 0 Å². The number of hydrogen-bond acceptors (Lipinski definition) is 2. The summed E-state index contributed by atoms with van der Waals surface area (Å²) in [4.78, 5) is 4.56. The topological polar surface area (TPSA) is 38.9 Å². The zero-order valence-corrected chi connectivity index (χ0v) is 12.7. The number of nitrogens with two attached hydrogens (primary N) is 1. The molecule has 2 heteroatoms. The fourth-order valence-electron chi connectivity index (χ4n) is 2.66. The summed E-state index contributed by atoms with van der Waals surface area (Å²) in [6.45, 7) is 12.9. The SMILES string of the molecule is Cc1cnc(-c2c(C)c(C)c(C)c(C)c2C)c(N)c1. The normalized spacial score (nSPS) is 10.8. The molecule has 2 aromatic rings. The lowest BCUT2D eigenvalue weighted by Gasteiger charge is -2.19. The van der Waals surface area contributed by atoms with Crippen molar-refractivity contribution in [2.75, 3.05) is 5.73 Å². The van der Waals surface area contributed by atoms with E-state index >= 15 is 0 Å². The van der Waals surface area contributed by atoms with Crippen molar-refractivity contribution < 1.29 is 0 Å². The standard InChI is InChI=1S/C17H22N2/c1-9-7-15(18)17(19-8-9)16-13(5)11(3)10(2)12(4)14(16)6/h7-8H,18H2,1-6H3. The average Bonchev–Trinajstić information content (AvgIpc) is 2.37. The first-order chi connectivity index (χ1) is 8.84. The molecule has 0 amide bonds. The van der Waals surface area contributed by atoms with Crippen molar-refractivity contribution in [3.63, 3.8) is 0 Å². The van der Waals surface area contributed by atoms with Gasteiger partial charge in [0, 0.05) is 11.8 Å². The van der Waals surface area contributed by atoms with Crippen LogP contribution in [0.25, 0.3) is 11.3 Å². The van der Waals surface area contributed by atoms with Gasteiger partial charge in [-0.15, -0.1) is 0 Å². The van der Waals surface area contributed by atoms with Gasteiger partial charge in [0.1, 0.15) is 0 Å². The van der Waals surface area contributed by atoms with Crippen molar-refractivity contribution in [3.8, 4) is 11.3 Å². The molecule has 19 heavy (non-hydrogen) atoms. The van der Waals surface area contributed by atoms with Crippen LogP contribution in [0.3, 0.4) is 0 Å². The van der Waals surface area contributed by atoms with Gasteiger partial charge in [0.25, 0.3) is 0 Å². The molecular formula is C17H22N2. The van der Waals surface area contributed by atoms with Gasteiger partial charge in [-0.3, -0.25) is 4.98 Å². The minimum Gasteiger partial charge on any atom is -0.397 e. The summed E-state index contributed by atoms with van der Waals surface area (Å²) >= 11 is 0. The minimum absolute atomic E-state index is 0.758. The molecule has 1 aromatic heterocycles. The molecule has 0 saturated carbocycles. The molecule has 0 unspecified atom stereocenters. The number of anilines is 1. The zero-order valence-electron chi connectivity index (χ0n) is 12.7. The largest absolute Gasteiger partial charge is 0.397 e. The zero-order chi connectivity index (χ0) is 14.3. The van der Waals surface area contributed by atoms with E-state index < -0.39 is 0 Å². The second-order valence-corrected chi connectivity index (χ2v) is 5.45. The van der Waals surface area contributed by atoms with Crippen molar-refractivity contribution >= 4 is 5.69 Å². The molecule has 0 saturated heterocycles. The monoisotopic (exact) mass is 254 g/mol. The van der Waals surface area contributed by atoms with Crippen LogP contribution in [0, 0.1) is 41.5 Å². The number of aromatic nitrogens is 1. The van der Waals surface area contributed by atoms with Crippen LogP contribution < -0.4 is 5.73 Å². The average molecular weight is 254 g/mol. The molecule has 0 bridgehead atoms. The number of nitrogens with zero attached hydrogens (tertiary/aromatic N) is 1. The van der Waals surface area contributed by atoms with Gasteiger partial charge in [-0.05, 0) is 81.0 Å². The first kappa shape index (κ1) is 13.6. The summed E-state index contributed by atoms with van der Waals surface area (Å²) in [5.41, 5.74) is 16.7. The molecule has 1 heterocycles. The van der Waals surface area contributed by atoms with E-state index in [1.54, 1.807) is 0 Å². The lowest BCUT2D eigenvalue weighted by Crippen LogP contribution is -2.03. The Kier molecular flexibility index (Phi) is 3.36. The second-order valence-electron chi connectivity index (χ2n) is 5.45. The maximum Gasteiger partial charge on any atom is 0.0936 e. The van der Waals surface area contributed by atoms with E-state index in [1.165, 1.54) is 33.4 Å². The summed E-state index contributed by atoms with van der Waals surface area (Å²) in [5, 5.41) is 0. The highest BCUT2D eigenvalue weighted by atomic mass is 14.7. The summed E-state index contributed by atoms with van der Waals surface area (Å²) < 4.78 is 0. The molecule has 0 radical (unpaired) electrons. The van der Waals surface area contributed by atoms with Gasteiger partial charge in [0.2, 0.25) is 0 Å². The first-order valence-corrected chi connectivity index (χ1v) is 6.64. The van der Waals surface area contributed by atoms with Crippen LogP contribution in [0.1, 0.15) is 33.4 Å². The number of pyridine rings is 1. The Morgan fingerprint density at radius 1 is 0.789 bits per heavy atom. The summed E-state index contributed by atoms with van der Waals surface area (Å²) in [7, 11) is 0. The molecule has 0 aliphatic heterocycles. The maximum atomic E-state index is 6.17. The highest BCUT2D eigenvalue weighted by molar-refractivity contribution is 5.80. The molecule has 0 atom stereocenters. The number of aryl methyl sites for hydroxylation is 1. The molecule has 2 nitrogen and oxygen atoms in total. The molecule has 0 fully saturated rings. The fraction of sp³-hybridized carbons (Fsp3) is 0.353. The van der Waals surface area contributed by atoms with Gasteiger partial charge in [0.05, 0.1) is 11.4 Å². The van der Waals surface area contributed by atoms with Crippen LogP contribution in [0.4, 0.5) is 5.69 Å². The van der Waals surface area contributed by atoms with E-state index in [0.29, 0.717) is 0 Å². The molecular weight excluding hydrogens is 232 g/mol. The van der Waals surface area contributed by atoms with Crippen LogP contribution in [-0.4, -0.2) is 4.98 Å². The van der Waals surface area contributed by atoms with Crippen molar-refractivity contribution in [2.24, 2.45) is 0 Å². The summed E-state index contributed by atoms with van der Waals surface area (Å²) in [6.07, 6.45) is 1.88. The smallest absolute Gasteiger partial charge is 0.0936 e. The van der Waals surface area contributed by atoms with Crippen molar-refractivity contribution in [2.45, 2.75) is 41.5 Å². The van der Waals surface area contributed by atoms with Gasteiger partial charge in [-0.2, -0.15) is 0 Å². The van der Waals surface area contributed by atoms with E-state index in [0.717, 1.165) is 16.9 Å². The predicted molar refractivity (Wildman–Crippen MR) is 82.5 cm³/mol. The molecule has 2 N–H and O–H groups in total. The number of nitrogen functional groups attached to an aromatic ring is 1. The number of benzene rings is 1. The molecule has 2 rings (SSSR count). The van der Waals surface area contributed by atoms with Gasteiger partial charge < -0.3 is 5.73 Å². The van der Waals surface area contributed by atoms with Crippen molar-refractivity contribution in [1.29, 1.82) is 0 Å². The Hall–Kier alpha value is -1.83. The van der Waals surface area contributed by atoms with E-state index in [4.69, 9.17) is 5.73 Å². The highest BCUT2D eigenvalue weighted by Crippen LogP contribution is 2.35. The Labute approximate surface area is 115 Å². The van der Waals surface area contributed by atoms with E-state index in [2.05, 4.69) is 39.6 Å². The molecule has 0 aliphatic rings. The molecule has 0 spiro atoms.